The minimum atomic E-state index is -0.529. The van der Waals surface area contributed by atoms with Gasteiger partial charge in [-0.05, 0) is 38.6 Å². The second-order valence-corrected chi connectivity index (χ2v) is 2.87. The Morgan fingerprint density at radius 3 is 2.53 bits per heavy atom. The van der Waals surface area contributed by atoms with Gasteiger partial charge in [-0.3, -0.25) is 4.79 Å². The van der Waals surface area contributed by atoms with E-state index in [2.05, 4.69) is 10.9 Å². The fraction of sp³-hybridized carbons (Fsp3) is 0.364. The fourth-order valence-electron chi connectivity index (χ4n) is 0.973. The van der Waals surface area contributed by atoms with E-state index in [1.54, 1.807) is 13.0 Å². The van der Waals surface area contributed by atoms with Crippen molar-refractivity contribution < 1.29 is 4.79 Å². The number of nitrogens with two attached hydrogens (primary N) is 2. The highest BCUT2D eigenvalue weighted by Gasteiger charge is 2.08. The highest BCUT2D eigenvalue weighted by molar-refractivity contribution is 5.92. The maximum atomic E-state index is 11.1. The maximum absolute atomic E-state index is 11.1. The summed E-state index contributed by atoms with van der Waals surface area (Å²) in [6.45, 7) is 3.68. The van der Waals surface area contributed by atoms with Gasteiger partial charge in [-0.25, -0.2) is 0 Å². The molecule has 0 aliphatic rings. The van der Waals surface area contributed by atoms with Gasteiger partial charge in [0.2, 0.25) is 5.91 Å². The molecule has 1 amide bonds. The number of hydrogen-bond acceptors (Lipinski definition) is 3. The van der Waals surface area contributed by atoms with Crippen LogP contribution < -0.4 is 11.5 Å². The van der Waals surface area contributed by atoms with Crippen LogP contribution in [0.3, 0.4) is 0 Å². The summed E-state index contributed by atoms with van der Waals surface area (Å²) in [7, 11) is 0. The van der Waals surface area contributed by atoms with Gasteiger partial charge in [0, 0.05) is 0 Å². The first-order valence-corrected chi connectivity index (χ1v) is 4.77. The Bertz CT molecular complexity index is 334. The zero-order chi connectivity index (χ0) is 11.7. The van der Waals surface area contributed by atoms with Crippen molar-refractivity contribution in [2.45, 2.75) is 26.7 Å². The maximum Gasteiger partial charge on any atom is 0.248 e. The van der Waals surface area contributed by atoms with Gasteiger partial charge in [0.15, 0.2) is 0 Å². The monoisotopic (exact) mass is 207 g/mol. The molecule has 0 aliphatic carbocycles. The van der Waals surface area contributed by atoms with Gasteiger partial charge < -0.3 is 11.5 Å². The predicted octanol–water partition coefficient (Wildman–Crippen LogP) is 1.24. The quantitative estimate of drug-likeness (QED) is 0.404. The van der Waals surface area contributed by atoms with E-state index in [1.807, 2.05) is 19.1 Å². The molecule has 0 saturated carbocycles. The van der Waals surface area contributed by atoms with Crippen molar-refractivity contribution in [2.75, 3.05) is 0 Å². The topological polar surface area (TPSA) is 81.5 Å². The largest absolute Gasteiger partial charge is 0.383 e. The highest BCUT2D eigenvalue weighted by Crippen LogP contribution is 2.08. The van der Waals surface area contributed by atoms with E-state index in [0.29, 0.717) is 12.0 Å². The van der Waals surface area contributed by atoms with E-state index in [-0.39, 0.29) is 5.82 Å². The number of aliphatic imine (C=N–C) groups is 1. The lowest BCUT2D eigenvalue weighted by Crippen LogP contribution is -2.18. The molecule has 15 heavy (non-hydrogen) atoms. The summed E-state index contributed by atoms with van der Waals surface area (Å²) in [5, 5.41) is 0. The van der Waals surface area contributed by atoms with Crippen LogP contribution in [0.15, 0.2) is 34.6 Å². The lowest BCUT2D eigenvalue weighted by atomic mass is 10.1. The van der Waals surface area contributed by atoms with Gasteiger partial charge in [0.05, 0.1) is 5.57 Å². The minimum absolute atomic E-state index is 0.144. The van der Waals surface area contributed by atoms with Crippen molar-refractivity contribution in [3.05, 3.63) is 29.6 Å². The summed E-state index contributed by atoms with van der Waals surface area (Å²) in [5.41, 5.74) is 11.1. The van der Waals surface area contributed by atoms with Gasteiger partial charge in [-0.1, -0.05) is 12.2 Å². The van der Waals surface area contributed by atoms with Crippen LogP contribution in [0.2, 0.25) is 0 Å². The molecule has 4 heteroatoms. The molecule has 0 atom stereocenters. The number of hydrogen-bond donors (Lipinski definition) is 2. The lowest BCUT2D eigenvalue weighted by Gasteiger charge is -2.02. The summed E-state index contributed by atoms with van der Waals surface area (Å²) in [4.78, 5) is 14.8. The third kappa shape index (κ3) is 5.49. The SMILES string of the molecule is CC=C=N/C(N)=C(\CC/C=C/C)C(N)=O. The van der Waals surface area contributed by atoms with Crippen LogP contribution >= 0.6 is 0 Å². The Balaban J connectivity index is 4.77. The summed E-state index contributed by atoms with van der Waals surface area (Å²) in [6.07, 6.45) is 6.68. The molecule has 0 spiro atoms. The number of amides is 1. The second kappa shape index (κ2) is 7.59. The average Bonchev–Trinajstić information content (AvgIpc) is 2.20. The average molecular weight is 207 g/mol. The molecule has 0 aromatic rings. The van der Waals surface area contributed by atoms with Crippen LogP contribution in [0.25, 0.3) is 0 Å². The molecule has 82 valence electrons. The van der Waals surface area contributed by atoms with Crippen LogP contribution in [0, 0.1) is 0 Å². The molecule has 0 aliphatic heterocycles. The molecule has 0 radical (unpaired) electrons. The Labute approximate surface area is 90.1 Å². The number of nitrogens with zero attached hydrogens (tertiary/aromatic N) is 1. The number of allylic oxidation sites excluding steroid dienone is 3. The predicted molar refractivity (Wildman–Crippen MR) is 62.1 cm³/mol. The van der Waals surface area contributed by atoms with Crippen molar-refractivity contribution >= 4 is 11.8 Å². The molecule has 0 unspecified atom stereocenters. The first kappa shape index (κ1) is 13.2. The summed E-state index contributed by atoms with van der Waals surface area (Å²) >= 11 is 0. The number of primary amides is 1. The zero-order valence-corrected chi connectivity index (χ0v) is 9.16. The van der Waals surface area contributed by atoms with Crippen LogP contribution in [-0.2, 0) is 4.79 Å². The summed E-state index contributed by atoms with van der Waals surface area (Å²) in [5.74, 6) is 2.18. The van der Waals surface area contributed by atoms with E-state index in [9.17, 15) is 4.79 Å². The Hall–Kier alpha value is -1.80. The van der Waals surface area contributed by atoms with Gasteiger partial charge in [-0.15, -0.1) is 0 Å². The molecule has 0 bridgehead atoms. The highest BCUT2D eigenvalue weighted by atomic mass is 16.1. The Kier molecular flexibility index (Phi) is 6.68. The van der Waals surface area contributed by atoms with E-state index < -0.39 is 5.91 Å². The summed E-state index contributed by atoms with van der Waals surface area (Å²) in [6, 6.07) is 0. The lowest BCUT2D eigenvalue weighted by molar-refractivity contribution is -0.114. The van der Waals surface area contributed by atoms with E-state index in [0.717, 1.165) is 6.42 Å². The molecule has 0 saturated heterocycles. The van der Waals surface area contributed by atoms with E-state index in [4.69, 9.17) is 11.5 Å². The first-order valence-electron chi connectivity index (χ1n) is 4.77. The van der Waals surface area contributed by atoms with Crippen molar-refractivity contribution in [2.24, 2.45) is 16.5 Å². The zero-order valence-electron chi connectivity index (χ0n) is 9.16. The summed E-state index contributed by atoms with van der Waals surface area (Å²) < 4.78 is 0. The molecule has 0 rings (SSSR count). The van der Waals surface area contributed by atoms with Crippen LogP contribution in [-0.4, -0.2) is 11.8 Å². The number of carbonyl (C=O) groups excluding carboxylic acids is 1. The van der Waals surface area contributed by atoms with Gasteiger partial charge in [0.1, 0.15) is 5.82 Å². The Morgan fingerprint density at radius 2 is 2.07 bits per heavy atom. The van der Waals surface area contributed by atoms with E-state index >= 15 is 0 Å². The first-order chi connectivity index (χ1) is 7.13. The smallest absolute Gasteiger partial charge is 0.248 e. The third-order valence-electron chi connectivity index (χ3n) is 1.72. The van der Waals surface area contributed by atoms with Crippen LogP contribution in [0.1, 0.15) is 26.7 Å². The molecule has 0 heterocycles. The number of carbonyl (C=O) groups is 1. The molecule has 4 nitrogen and oxygen atoms in total. The van der Waals surface area contributed by atoms with Crippen molar-refractivity contribution in [3.63, 3.8) is 0 Å². The standard InChI is InChI=1S/C11H17N3O/c1-3-5-6-7-9(11(13)15)10(12)14-8-4-2/h3-5H,6-7,12H2,1-2H3,(H2,13,15)/b5-3+,10-9+. The van der Waals surface area contributed by atoms with Crippen molar-refractivity contribution in [3.8, 4) is 0 Å². The van der Waals surface area contributed by atoms with Crippen molar-refractivity contribution in [1.82, 2.24) is 0 Å². The van der Waals surface area contributed by atoms with E-state index in [1.165, 1.54) is 0 Å². The normalized spacial score (nSPS) is 11.9. The van der Waals surface area contributed by atoms with Gasteiger partial charge >= 0.3 is 0 Å². The minimum Gasteiger partial charge on any atom is -0.383 e. The van der Waals surface area contributed by atoms with Crippen LogP contribution in [0.5, 0.6) is 0 Å². The molecule has 0 aromatic heterocycles. The molecule has 4 N–H and O–H groups in total. The molecule has 0 fully saturated rings. The van der Waals surface area contributed by atoms with Gasteiger partial charge in [-0.2, -0.15) is 4.99 Å². The fourth-order valence-corrected chi connectivity index (χ4v) is 0.973. The second-order valence-electron chi connectivity index (χ2n) is 2.87. The molecular weight excluding hydrogens is 190 g/mol. The van der Waals surface area contributed by atoms with Crippen molar-refractivity contribution in [1.29, 1.82) is 0 Å². The van der Waals surface area contributed by atoms with Crippen LogP contribution in [0.4, 0.5) is 0 Å². The third-order valence-corrected chi connectivity index (χ3v) is 1.72. The van der Waals surface area contributed by atoms with Gasteiger partial charge in [0.25, 0.3) is 0 Å². The molecule has 0 aromatic carbocycles. The number of rotatable bonds is 5. The molecular formula is C11H17N3O. The Morgan fingerprint density at radius 1 is 1.40 bits per heavy atom.